The molecule has 0 amide bonds. The third-order valence-electron chi connectivity index (χ3n) is 2.48. The molecule has 0 aromatic carbocycles. The maximum absolute atomic E-state index is 2.31. The van der Waals surface area contributed by atoms with Crippen LogP contribution in [0.3, 0.4) is 0 Å². The van der Waals surface area contributed by atoms with Crippen LogP contribution in [0.4, 0.5) is 5.00 Å². The fourth-order valence-corrected chi connectivity index (χ4v) is 2.42. The second-order valence-electron chi connectivity index (χ2n) is 3.23. The van der Waals surface area contributed by atoms with Gasteiger partial charge in [0, 0.05) is 18.5 Å². The molecule has 1 heterocycles. The van der Waals surface area contributed by atoms with Crippen molar-refractivity contribution in [3.63, 3.8) is 0 Å². The topological polar surface area (TPSA) is 3.24 Å². The van der Waals surface area contributed by atoms with Gasteiger partial charge in [0.15, 0.2) is 0 Å². The number of hydrogen-bond donors (Lipinski definition) is 0. The summed E-state index contributed by atoms with van der Waals surface area (Å²) in [6, 6.07) is 0. The Hall–Kier alpha value is -0.500. The molecule has 0 aliphatic carbocycles. The van der Waals surface area contributed by atoms with Gasteiger partial charge in [-0.05, 0) is 38.8 Å². The summed E-state index contributed by atoms with van der Waals surface area (Å²) in [5.74, 6) is 0. The van der Waals surface area contributed by atoms with E-state index in [-0.39, 0.29) is 0 Å². The van der Waals surface area contributed by atoms with Crippen molar-refractivity contribution in [2.45, 2.75) is 27.7 Å². The van der Waals surface area contributed by atoms with Crippen LogP contribution in [0, 0.1) is 20.8 Å². The van der Waals surface area contributed by atoms with Crippen LogP contribution in [0.25, 0.3) is 0 Å². The van der Waals surface area contributed by atoms with Crippen molar-refractivity contribution in [2.75, 3.05) is 18.5 Å². The van der Waals surface area contributed by atoms with Gasteiger partial charge in [0.1, 0.15) is 0 Å². The number of thiophene rings is 1. The van der Waals surface area contributed by atoms with Gasteiger partial charge in [-0.25, -0.2) is 0 Å². The highest BCUT2D eigenvalue weighted by molar-refractivity contribution is 7.16. The van der Waals surface area contributed by atoms with Gasteiger partial charge in [0.05, 0.1) is 5.00 Å². The second-order valence-corrected chi connectivity index (χ2v) is 4.43. The maximum atomic E-state index is 2.31. The van der Waals surface area contributed by atoms with Crippen LogP contribution in [-0.2, 0) is 0 Å². The van der Waals surface area contributed by atoms with Gasteiger partial charge in [-0.3, -0.25) is 0 Å². The minimum Gasteiger partial charge on any atom is -0.367 e. The van der Waals surface area contributed by atoms with Crippen molar-refractivity contribution in [1.29, 1.82) is 0 Å². The van der Waals surface area contributed by atoms with E-state index < -0.39 is 0 Å². The van der Waals surface area contributed by atoms with Gasteiger partial charge in [-0.2, -0.15) is 0 Å². The molecule has 1 nitrogen and oxygen atoms in total. The Morgan fingerprint density at radius 1 is 1.17 bits per heavy atom. The predicted octanol–water partition coefficient (Wildman–Crippen LogP) is 3.13. The van der Waals surface area contributed by atoms with E-state index in [1.54, 1.807) is 0 Å². The monoisotopic (exact) mass is 183 g/mol. The number of aryl methyl sites for hydroxylation is 1. The zero-order chi connectivity index (χ0) is 9.30. The normalized spacial score (nSPS) is 10.4. The molecule has 1 rings (SSSR count). The van der Waals surface area contributed by atoms with Crippen molar-refractivity contribution < 1.29 is 0 Å². The average molecular weight is 183 g/mol. The van der Waals surface area contributed by atoms with E-state index in [0.717, 1.165) is 6.54 Å². The first kappa shape index (κ1) is 9.59. The first-order valence-corrected chi connectivity index (χ1v) is 5.17. The summed E-state index contributed by atoms with van der Waals surface area (Å²) < 4.78 is 0. The minimum absolute atomic E-state index is 1.08. The molecule has 0 radical (unpaired) electrons. The summed E-state index contributed by atoms with van der Waals surface area (Å²) >= 11 is 1.90. The molecular weight excluding hydrogens is 166 g/mol. The molecule has 0 unspecified atom stereocenters. The number of anilines is 1. The highest BCUT2D eigenvalue weighted by Crippen LogP contribution is 2.33. The summed E-state index contributed by atoms with van der Waals surface area (Å²) in [5, 5.41) is 1.42. The Bertz CT molecular complexity index is 276. The van der Waals surface area contributed by atoms with Crippen molar-refractivity contribution in [3.8, 4) is 0 Å². The number of rotatable bonds is 2. The van der Waals surface area contributed by atoms with E-state index in [2.05, 4.69) is 39.6 Å². The Balaban J connectivity index is 3.08. The first-order chi connectivity index (χ1) is 5.57. The van der Waals surface area contributed by atoms with Crippen LogP contribution >= 0.6 is 11.3 Å². The molecule has 0 fully saturated rings. The predicted molar refractivity (Wildman–Crippen MR) is 57.5 cm³/mol. The zero-order valence-corrected chi connectivity index (χ0v) is 9.38. The Morgan fingerprint density at radius 3 is 2.08 bits per heavy atom. The second kappa shape index (κ2) is 3.48. The highest BCUT2D eigenvalue weighted by atomic mass is 32.1. The van der Waals surface area contributed by atoms with Crippen LogP contribution in [-0.4, -0.2) is 13.6 Å². The lowest BCUT2D eigenvalue weighted by Gasteiger charge is -2.15. The zero-order valence-electron chi connectivity index (χ0n) is 8.56. The Labute approximate surface area is 79.0 Å². The van der Waals surface area contributed by atoms with Crippen LogP contribution in [0.15, 0.2) is 0 Å². The largest absolute Gasteiger partial charge is 0.367 e. The van der Waals surface area contributed by atoms with E-state index in [1.807, 2.05) is 11.3 Å². The standard InChI is InChI=1S/C10H17NS/c1-6-11(5)10-8(3)7(2)9(4)12-10/h6H2,1-5H3. The van der Waals surface area contributed by atoms with Crippen LogP contribution in [0.2, 0.25) is 0 Å². The number of hydrogen-bond acceptors (Lipinski definition) is 2. The van der Waals surface area contributed by atoms with E-state index >= 15 is 0 Å². The molecule has 68 valence electrons. The van der Waals surface area contributed by atoms with Gasteiger partial charge >= 0.3 is 0 Å². The molecule has 0 aliphatic heterocycles. The molecule has 0 saturated carbocycles. The number of nitrogens with zero attached hydrogens (tertiary/aromatic N) is 1. The third kappa shape index (κ3) is 1.48. The molecule has 2 heteroatoms. The van der Waals surface area contributed by atoms with Gasteiger partial charge < -0.3 is 4.90 Å². The fourth-order valence-electron chi connectivity index (χ4n) is 1.23. The van der Waals surface area contributed by atoms with Crippen molar-refractivity contribution in [3.05, 3.63) is 16.0 Å². The van der Waals surface area contributed by atoms with Crippen molar-refractivity contribution >= 4 is 16.3 Å². The maximum Gasteiger partial charge on any atom is 0.0941 e. The van der Waals surface area contributed by atoms with Crippen molar-refractivity contribution in [2.24, 2.45) is 0 Å². The van der Waals surface area contributed by atoms with Crippen molar-refractivity contribution in [1.82, 2.24) is 0 Å². The van der Waals surface area contributed by atoms with E-state index in [4.69, 9.17) is 0 Å². The molecule has 0 atom stereocenters. The lowest BCUT2D eigenvalue weighted by Crippen LogP contribution is -2.15. The SMILES string of the molecule is CCN(C)c1sc(C)c(C)c1C. The molecule has 0 bridgehead atoms. The molecule has 0 N–H and O–H groups in total. The Kier molecular flexibility index (Phi) is 2.78. The summed E-state index contributed by atoms with van der Waals surface area (Å²) in [5.41, 5.74) is 2.90. The lowest BCUT2D eigenvalue weighted by molar-refractivity contribution is 0.974. The van der Waals surface area contributed by atoms with Gasteiger partial charge in [0.25, 0.3) is 0 Å². The summed E-state index contributed by atoms with van der Waals surface area (Å²) in [7, 11) is 2.15. The van der Waals surface area contributed by atoms with Crippen LogP contribution in [0.5, 0.6) is 0 Å². The molecule has 12 heavy (non-hydrogen) atoms. The quantitative estimate of drug-likeness (QED) is 0.681. The third-order valence-corrected chi connectivity index (χ3v) is 3.91. The lowest BCUT2D eigenvalue weighted by atomic mass is 10.2. The van der Waals surface area contributed by atoms with Crippen LogP contribution in [0.1, 0.15) is 22.9 Å². The van der Waals surface area contributed by atoms with Crippen LogP contribution < -0.4 is 4.90 Å². The Morgan fingerprint density at radius 2 is 1.75 bits per heavy atom. The van der Waals surface area contributed by atoms with Gasteiger partial charge in [0.2, 0.25) is 0 Å². The minimum atomic E-state index is 1.08. The summed E-state index contributed by atoms with van der Waals surface area (Å²) in [6.07, 6.45) is 0. The smallest absolute Gasteiger partial charge is 0.0941 e. The molecular formula is C10H17NS. The highest BCUT2D eigenvalue weighted by Gasteiger charge is 2.10. The summed E-state index contributed by atoms with van der Waals surface area (Å²) in [4.78, 5) is 3.75. The molecule has 1 aromatic heterocycles. The molecule has 0 saturated heterocycles. The van der Waals surface area contributed by atoms with Gasteiger partial charge in [-0.1, -0.05) is 0 Å². The molecule has 1 aromatic rings. The van der Waals surface area contributed by atoms with E-state index in [9.17, 15) is 0 Å². The first-order valence-electron chi connectivity index (χ1n) is 4.35. The van der Waals surface area contributed by atoms with E-state index in [0.29, 0.717) is 0 Å². The summed E-state index contributed by atoms with van der Waals surface area (Å²) in [6.45, 7) is 9.87. The molecule has 0 spiro atoms. The molecule has 0 aliphatic rings. The average Bonchev–Trinajstić information content (AvgIpc) is 2.32. The fraction of sp³-hybridized carbons (Fsp3) is 0.600. The van der Waals surface area contributed by atoms with Gasteiger partial charge in [-0.15, -0.1) is 11.3 Å². The van der Waals surface area contributed by atoms with E-state index in [1.165, 1.54) is 21.0 Å².